The fourth-order valence-electron chi connectivity index (χ4n) is 4.62. The van der Waals surface area contributed by atoms with Crippen molar-refractivity contribution < 1.29 is 106 Å². The van der Waals surface area contributed by atoms with E-state index in [1.165, 1.54) is 21.8 Å². The molecule has 2 aliphatic heterocycles. The fraction of sp³-hybridized carbons (Fsp3) is 0.500. The van der Waals surface area contributed by atoms with E-state index in [0.29, 0.717) is 0 Å². The topological polar surface area (TPSA) is 497 Å². The minimum atomic E-state index is -5.24. The number of hydrogen-bond donors (Lipinski definition) is 6. The molecule has 14 N–H and O–H groups in total. The van der Waals surface area contributed by atoms with E-state index in [0.717, 1.165) is 12.7 Å². The summed E-state index contributed by atoms with van der Waals surface area (Å²) in [5.41, 5.74) is -0.794. The Morgan fingerprint density at radius 1 is 0.667 bits per heavy atom. The van der Waals surface area contributed by atoms with Crippen LogP contribution in [0.5, 0.6) is 0 Å². The maximum absolute atomic E-state index is 11.6. The number of imidazole rings is 2. The van der Waals surface area contributed by atoms with Gasteiger partial charge in [0, 0.05) is 0 Å². The number of aromatic amines is 2. The molecular weight excluding hydrogens is 793 g/mol. The Labute approximate surface area is 291 Å². The van der Waals surface area contributed by atoms with Gasteiger partial charge in [0.05, 0.1) is 54.2 Å². The Morgan fingerprint density at radius 2 is 1.00 bits per heavy atom. The Kier molecular flexibility index (Phi) is 17.6. The van der Waals surface area contributed by atoms with Gasteiger partial charge in [-0.1, -0.05) is 0 Å². The summed E-state index contributed by atoms with van der Waals surface area (Å²) < 4.78 is 42.2. The smallest absolute Gasteiger partial charge is 0.790 e. The largest absolute Gasteiger partial charge is 3.00 e. The average Bonchev–Trinajstić information content (AvgIpc) is 3.73. The van der Waals surface area contributed by atoms with Gasteiger partial charge in [-0.25, -0.2) is 19.9 Å². The van der Waals surface area contributed by atoms with Crippen molar-refractivity contribution in [3.8, 4) is 0 Å². The first-order valence-corrected chi connectivity index (χ1v) is 15.6. The number of nitrogens with one attached hydrogen (secondary N) is 2. The van der Waals surface area contributed by atoms with Gasteiger partial charge in [-0.15, -0.1) is 0 Å². The van der Waals surface area contributed by atoms with Crippen LogP contribution in [0.3, 0.4) is 0 Å². The molecule has 2 aliphatic rings. The van der Waals surface area contributed by atoms with Gasteiger partial charge in [-0.05, 0) is 0 Å². The Bertz CT molecular complexity index is 1780. The number of aromatic nitrogens is 8. The summed E-state index contributed by atoms with van der Waals surface area (Å²) >= 11 is 0. The number of rotatable bonds is 8. The van der Waals surface area contributed by atoms with Crippen LogP contribution >= 0.6 is 15.6 Å². The molecular formula is C20H30CoN8O20P2-. The third-order valence-electron chi connectivity index (χ3n) is 6.75. The molecule has 0 saturated carbocycles. The molecule has 0 radical (unpaired) electrons. The van der Waals surface area contributed by atoms with Gasteiger partial charge in [-0.3, -0.25) is 18.7 Å². The van der Waals surface area contributed by atoms with Gasteiger partial charge in [-0.2, -0.15) is 0 Å². The monoisotopic (exact) mass is 823 g/mol. The number of H-pyrrole nitrogens is 2. The summed E-state index contributed by atoms with van der Waals surface area (Å²) in [6, 6.07) is 0. The molecule has 2 saturated heterocycles. The second kappa shape index (κ2) is 18.7. The summed E-state index contributed by atoms with van der Waals surface area (Å²) in [5.74, 6) is 0. The number of nitrogens with zero attached hydrogens (tertiary/aromatic N) is 6. The summed E-state index contributed by atoms with van der Waals surface area (Å²) in [7, 11) is -10.5. The van der Waals surface area contributed by atoms with Crippen LogP contribution < -0.4 is 30.7 Å². The number of phosphoric ester groups is 2. The van der Waals surface area contributed by atoms with Crippen LogP contribution in [0.2, 0.25) is 0 Å². The van der Waals surface area contributed by atoms with Crippen molar-refractivity contribution >= 4 is 38.0 Å². The zero-order valence-electron chi connectivity index (χ0n) is 24.9. The maximum atomic E-state index is 11.6. The van der Waals surface area contributed by atoms with Crippen molar-refractivity contribution in [2.75, 3.05) is 13.2 Å². The van der Waals surface area contributed by atoms with Gasteiger partial charge in [0.25, 0.3) is 11.1 Å². The van der Waals surface area contributed by atoms with E-state index in [2.05, 4.69) is 39.0 Å². The molecule has 290 valence electrons. The van der Waals surface area contributed by atoms with Gasteiger partial charge in [0.2, 0.25) is 0 Å². The van der Waals surface area contributed by atoms with Crippen LogP contribution in [0, 0.1) is 0 Å². The average molecular weight is 823 g/mol. The summed E-state index contributed by atoms with van der Waals surface area (Å²) in [6.07, 6.45) is -6.22. The summed E-state index contributed by atoms with van der Waals surface area (Å²) in [6.45, 7) is -1.50. The molecule has 8 unspecified atom stereocenters. The first kappa shape index (κ1) is 48.0. The number of aliphatic hydroxyl groups excluding tert-OH is 4. The standard InChI is InChI=1S/2C10H13N4O8P.Co.4H2O/c2*15-6-4(1-21-23(18,19)20)22-10(7(6)16)14-3-13-5-8(14)11-2-12-9(5)17;;;;;/h2*2-4,6-7,10,15-16H,1H2,(H,11,12,17)(H2,18,19,20);;4*1H2/q;;+3;;;;/p-4. The number of aliphatic hydroxyl groups is 4. The molecule has 6 heterocycles. The van der Waals surface area contributed by atoms with Crippen molar-refractivity contribution in [3.63, 3.8) is 0 Å². The van der Waals surface area contributed by atoms with Crippen LogP contribution in [0.1, 0.15) is 12.5 Å². The molecule has 28 nitrogen and oxygen atoms in total. The van der Waals surface area contributed by atoms with Gasteiger partial charge >= 0.3 is 16.8 Å². The van der Waals surface area contributed by atoms with Crippen LogP contribution in [-0.2, 0) is 44.4 Å². The minimum Gasteiger partial charge on any atom is -0.790 e. The van der Waals surface area contributed by atoms with Crippen molar-refractivity contribution in [1.29, 1.82) is 0 Å². The molecule has 4 aromatic rings. The number of hydrogen-bond acceptors (Lipinski definition) is 20. The van der Waals surface area contributed by atoms with Crippen LogP contribution in [-0.4, -0.2) is 131 Å². The summed E-state index contributed by atoms with van der Waals surface area (Å²) in [5, 5.41) is 39.8. The first-order valence-electron chi connectivity index (χ1n) is 12.7. The quantitative estimate of drug-likeness (QED) is 0.0898. The molecule has 0 aromatic carbocycles. The molecule has 51 heavy (non-hydrogen) atoms. The Hall–Kier alpha value is -2.97. The molecule has 8 atom stereocenters. The SMILES string of the molecule is O.O.O.O.O=c1[nH]cnc2c1ncn2C1OC(COP(=O)([O-])[O-])C(O)C1O.O=c1[nH]cnc2c1ncn2C1OC(COP(=O)([O-])[O-])C(O)C1O.[Co+3]. The first-order chi connectivity index (χ1) is 21.6. The molecule has 0 bridgehead atoms. The van der Waals surface area contributed by atoms with Crippen molar-refractivity contribution in [2.45, 2.75) is 49.1 Å². The molecule has 0 amide bonds. The number of ether oxygens (including phenoxy) is 2. The predicted octanol–water partition coefficient (Wildman–Crippen LogP) is -10.1. The number of phosphoric acid groups is 2. The predicted molar refractivity (Wildman–Crippen MR) is 150 cm³/mol. The minimum absolute atomic E-state index is 0. The second-order valence-corrected chi connectivity index (χ2v) is 12.0. The van der Waals surface area contributed by atoms with E-state index in [1.54, 1.807) is 0 Å². The van der Waals surface area contributed by atoms with E-state index >= 15 is 0 Å². The molecule has 2 fully saturated rings. The Balaban J connectivity index is 0.000000893. The molecule has 0 spiro atoms. The van der Waals surface area contributed by atoms with Gasteiger partial charge in [0.15, 0.2) is 34.8 Å². The Morgan fingerprint density at radius 3 is 1.31 bits per heavy atom. The van der Waals surface area contributed by atoms with Gasteiger partial charge in [0.1, 0.15) is 36.6 Å². The third kappa shape index (κ3) is 10.6. The van der Waals surface area contributed by atoms with Crippen molar-refractivity contribution in [3.05, 3.63) is 46.0 Å². The van der Waals surface area contributed by atoms with Crippen molar-refractivity contribution in [1.82, 2.24) is 39.0 Å². The molecule has 31 heteroatoms. The third-order valence-corrected chi connectivity index (χ3v) is 7.68. The summed E-state index contributed by atoms with van der Waals surface area (Å²) in [4.78, 5) is 85.3. The zero-order valence-corrected chi connectivity index (χ0v) is 27.8. The van der Waals surface area contributed by atoms with Crippen LogP contribution in [0.25, 0.3) is 22.3 Å². The van der Waals surface area contributed by atoms with Crippen molar-refractivity contribution in [2.24, 2.45) is 0 Å². The molecule has 0 aliphatic carbocycles. The van der Waals surface area contributed by atoms with Crippen LogP contribution in [0.15, 0.2) is 34.9 Å². The zero-order chi connectivity index (χ0) is 33.6. The van der Waals surface area contributed by atoms with E-state index in [-0.39, 0.29) is 61.0 Å². The van der Waals surface area contributed by atoms with E-state index in [1.807, 2.05) is 0 Å². The number of fused-ring (bicyclic) bond motifs is 2. The normalized spacial score (nSPS) is 25.7. The maximum Gasteiger partial charge on any atom is 3.00 e. The van der Waals surface area contributed by atoms with E-state index in [4.69, 9.17) is 9.47 Å². The molecule has 4 aromatic heterocycles. The fourth-order valence-corrected chi connectivity index (χ4v) is 5.28. The van der Waals surface area contributed by atoms with E-state index < -0.39 is 89.1 Å². The molecule has 6 rings (SSSR count). The van der Waals surface area contributed by atoms with E-state index in [9.17, 15) is 58.7 Å². The second-order valence-electron chi connectivity index (χ2n) is 9.69. The van der Waals surface area contributed by atoms with Crippen LogP contribution in [0.4, 0.5) is 0 Å². The van der Waals surface area contributed by atoms with Gasteiger partial charge < -0.3 is 99.5 Å².